The largest absolute Gasteiger partial charge is 0.306 e. The van der Waals surface area contributed by atoms with Crippen LogP contribution in [0.3, 0.4) is 0 Å². The molecule has 0 radical (unpaired) electrons. The van der Waals surface area contributed by atoms with Crippen molar-refractivity contribution >= 4 is 99.4 Å². The molecule has 0 aliphatic carbocycles. The van der Waals surface area contributed by atoms with Crippen LogP contribution < -0.4 is 16.1 Å². The number of benzene rings is 9. The van der Waals surface area contributed by atoms with Crippen LogP contribution in [0.5, 0.6) is 0 Å². The number of hydrogen-bond donors (Lipinski definition) is 0. The first-order valence-electron chi connectivity index (χ1n) is 19.3. The second-order valence-electron chi connectivity index (χ2n) is 15.2. The monoisotopic (exact) mass is 725 g/mol. The van der Waals surface area contributed by atoms with Crippen LogP contribution in [-0.2, 0) is 0 Å². The van der Waals surface area contributed by atoms with Crippen molar-refractivity contribution in [2.45, 2.75) is 0 Å². The molecule has 0 saturated heterocycles. The maximum atomic E-state index is 13.9. The SMILES string of the molecule is O=c1c2cccc3c(=O)c4cccc5c(=Cc6ccc7cc(C=Cc8ccc9cc(-c%10ccc%11ccccc%11c%10)ccc9c8)ccc7c6)c6cccc1c6n(c23)c45. The third-order valence-electron chi connectivity index (χ3n) is 12.0. The summed E-state index contributed by atoms with van der Waals surface area (Å²) in [6.45, 7) is 0. The highest BCUT2D eigenvalue weighted by Crippen LogP contribution is 2.33. The maximum Gasteiger partial charge on any atom is 0.197 e. The van der Waals surface area contributed by atoms with Gasteiger partial charge in [-0.05, 0) is 126 Å². The minimum atomic E-state index is -0.0440. The van der Waals surface area contributed by atoms with Crippen LogP contribution in [0.4, 0.5) is 0 Å². The molecule has 0 unspecified atom stereocenters. The summed E-state index contributed by atoms with van der Waals surface area (Å²) < 4.78 is 2.16. The van der Waals surface area contributed by atoms with Gasteiger partial charge in [-0.2, -0.15) is 0 Å². The lowest BCUT2D eigenvalue weighted by molar-refractivity contribution is 1.31. The van der Waals surface area contributed by atoms with E-state index in [0.717, 1.165) is 54.5 Å². The summed E-state index contributed by atoms with van der Waals surface area (Å²) in [6.07, 6.45) is 6.56. The van der Waals surface area contributed by atoms with Crippen molar-refractivity contribution < 1.29 is 0 Å². The van der Waals surface area contributed by atoms with Crippen LogP contribution in [0.25, 0.3) is 111 Å². The Bertz CT molecular complexity index is 3740. The summed E-state index contributed by atoms with van der Waals surface area (Å²) in [5, 5.41) is 12.7. The molecule has 0 fully saturated rings. The molecule has 12 rings (SSSR count). The van der Waals surface area contributed by atoms with Gasteiger partial charge in [0.1, 0.15) is 0 Å². The predicted molar refractivity (Wildman–Crippen MR) is 241 cm³/mol. The van der Waals surface area contributed by atoms with E-state index in [2.05, 4.69) is 150 Å². The highest BCUT2D eigenvalue weighted by atomic mass is 16.1. The Morgan fingerprint density at radius 3 is 1.26 bits per heavy atom. The molecule has 3 heteroatoms. The molecular formula is C54H31NO2. The number of nitrogens with zero attached hydrogens (tertiary/aromatic N) is 1. The first-order valence-corrected chi connectivity index (χ1v) is 19.3. The van der Waals surface area contributed by atoms with Gasteiger partial charge in [0.15, 0.2) is 10.9 Å². The third-order valence-corrected chi connectivity index (χ3v) is 12.0. The zero-order valence-corrected chi connectivity index (χ0v) is 30.7. The van der Waals surface area contributed by atoms with Crippen LogP contribution in [0.1, 0.15) is 16.7 Å². The topological polar surface area (TPSA) is 38.5 Å². The number of aromatic nitrogens is 1. The lowest BCUT2D eigenvalue weighted by Gasteiger charge is -2.19. The zero-order valence-electron chi connectivity index (χ0n) is 30.7. The van der Waals surface area contributed by atoms with E-state index in [4.69, 9.17) is 0 Å². The first kappa shape index (κ1) is 31.7. The molecule has 9 aromatic carbocycles. The molecule has 3 heterocycles. The van der Waals surface area contributed by atoms with E-state index in [-0.39, 0.29) is 10.9 Å². The first-order chi connectivity index (χ1) is 28.1. The molecule has 12 aromatic rings. The molecule has 0 bridgehead atoms. The van der Waals surface area contributed by atoms with E-state index in [1.165, 1.54) is 32.7 Å². The normalized spacial score (nSPS) is 12.3. The molecule has 0 N–H and O–H groups in total. The molecule has 57 heavy (non-hydrogen) atoms. The van der Waals surface area contributed by atoms with Crippen molar-refractivity contribution in [3.8, 4) is 11.1 Å². The summed E-state index contributed by atoms with van der Waals surface area (Å²) in [4.78, 5) is 27.8. The summed E-state index contributed by atoms with van der Waals surface area (Å²) in [7, 11) is 0. The third kappa shape index (κ3) is 4.79. The number of para-hydroxylation sites is 3. The van der Waals surface area contributed by atoms with Crippen molar-refractivity contribution in [3.05, 3.63) is 212 Å². The van der Waals surface area contributed by atoms with Crippen LogP contribution in [0, 0.1) is 0 Å². The minimum absolute atomic E-state index is 0.0440. The molecule has 264 valence electrons. The molecule has 0 aliphatic rings. The van der Waals surface area contributed by atoms with Gasteiger partial charge in [0.2, 0.25) is 0 Å². The van der Waals surface area contributed by atoms with Gasteiger partial charge in [-0.1, -0.05) is 127 Å². The fraction of sp³-hybridized carbons (Fsp3) is 0. The van der Waals surface area contributed by atoms with Crippen molar-refractivity contribution in [3.63, 3.8) is 0 Å². The Balaban J connectivity index is 0.907. The van der Waals surface area contributed by atoms with Crippen molar-refractivity contribution in [1.82, 2.24) is 4.40 Å². The summed E-state index contributed by atoms with van der Waals surface area (Å²) >= 11 is 0. The van der Waals surface area contributed by atoms with Gasteiger partial charge in [0.05, 0.1) is 16.6 Å². The zero-order chi connectivity index (χ0) is 37.8. The van der Waals surface area contributed by atoms with Gasteiger partial charge < -0.3 is 4.40 Å². The lowest BCUT2D eigenvalue weighted by atomic mass is 9.95. The molecule has 0 spiro atoms. The molecule has 3 aromatic heterocycles. The number of hydrogen-bond acceptors (Lipinski definition) is 2. The molecule has 0 saturated carbocycles. The number of rotatable bonds is 4. The van der Waals surface area contributed by atoms with E-state index in [9.17, 15) is 9.59 Å². The summed E-state index contributed by atoms with van der Waals surface area (Å²) in [6, 6.07) is 59.1. The molecule has 0 atom stereocenters. The van der Waals surface area contributed by atoms with Crippen LogP contribution in [0.2, 0.25) is 0 Å². The lowest BCUT2D eigenvalue weighted by Crippen LogP contribution is -2.19. The summed E-state index contributed by atoms with van der Waals surface area (Å²) in [5.74, 6) is 0. The van der Waals surface area contributed by atoms with Gasteiger partial charge >= 0.3 is 0 Å². The molecular weight excluding hydrogens is 695 g/mol. The summed E-state index contributed by atoms with van der Waals surface area (Å²) in [5.41, 5.74) is 8.11. The number of pyridine rings is 3. The second kappa shape index (κ2) is 11.9. The quantitative estimate of drug-likeness (QED) is 0.103. The average molecular weight is 726 g/mol. The molecule has 0 amide bonds. The molecule has 3 nitrogen and oxygen atoms in total. The fourth-order valence-corrected chi connectivity index (χ4v) is 9.20. The van der Waals surface area contributed by atoms with E-state index in [1.54, 1.807) is 0 Å². The average Bonchev–Trinajstić information content (AvgIpc) is 3.26. The highest BCUT2D eigenvalue weighted by Gasteiger charge is 2.21. The fourth-order valence-electron chi connectivity index (χ4n) is 9.20. The van der Waals surface area contributed by atoms with Crippen LogP contribution >= 0.6 is 0 Å². The van der Waals surface area contributed by atoms with E-state index < -0.39 is 0 Å². The van der Waals surface area contributed by atoms with Gasteiger partial charge in [0.25, 0.3) is 0 Å². The van der Waals surface area contributed by atoms with Gasteiger partial charge in [-0.3, -0.25) is 9.59 Å². The minimum Gasteiger partial charge on any atom is -0.306 e. The van der Waals surface area contributed by atoms with Crippen molar-refractivity contribution in [2.24, 2.45) is 0 Å². The van der Waals surface area contributed by atoms with Gasteiger partial charge in [-0.15, -0.1) is 0 Å². The van der Waals surface area contributed by atoms with Crippen molar-refractivity contribution in [1.29, 1.82) is 0 Å². The number of fused-ring (bicyclic) bond motifs is 3. The predicted octanol–water partition coefficient (Wildman–Crippen LogP) is 12.0. The van der Waals surface area contributed by atoms with Crippen LogP contribution in [0.15, 0.2) is 179 Å². The van der Waals surface area contributed by atoms with Gasteiger partial charge in [0, 0.05) is 32.3 Å². The Morgan fingerprint density at radius 1 is 0.333 bits per heavy atom. The highest BCUT2D eigenvalue weighted by molar-refractivity contribution is 6.16. The Labute approximate surface area is 325 Å². The van der Waals surface area contributed by atoms with Gasteiger partial charge in [-0.25, -0.2) is 0 Å². The Hall–Kier alpha value is -7.62. The van der Waals surface area contributed by atoms with E-state index >= 15 is 0 Å². The molecule has 0 aliphatic heterocycles. The standard InChI is InChI=1S/C54H31NO2/c56-53-45-10-3-8-43-49(44-9-4-11-46-51(44)55(50(43)45)52-47(53)12-5-13-48(52)54(46)57)29-34-18-21-37-26-32(16-19-38(37)28-34)14-15-33-17-20-40-31-42(25-24-39(40)27-33)41-23-22-35-6-1-2-7-36(35)30-41/h1-31H. The second-order valence-corrected chi connectivity index (χ2v) is 15.2. The van der Waals surface area contributed by atoms with E-state index in [1.807, 2.05) is 42.5 Å². The smallest absolute Gasteiger partial charge is 0.197 e. The maximum absolute atomic E-state index is 13.9. The van der Waals surface area contributed by atoms with Crippen LogP contribution in [-0.4, -0.2) is 4.40 Å². The Kier molecular flexibility index (Phi) is 6.64. The van der Waals surface area contributed by atoms with E-state index in [0.29, 0.717) is 27.1 Å². The van der Waals surface area contributed by atoms with Crippen molar-refractivity contribution in [2.75, 3.05) is 0 Å². The Morgan fingerprint density at radius 2 is 0.719 bits per heavy atom.